The van der Waals surface area contributed by atoms with Gasteiger partial charge in [0.25, 0.3) is 0 Å². The molecule has 1 saturated heterocycles. The van der Waals surface area contributed by atoms with Crippen LogP contribution in [0.2, 0.25) is 5.02 Å². The van der Waals surface area contributed by atoms with Crippen LogP contribution in [0.5, 0.6) is 0 Å². The van der Waals surface area contributed by atoms with Crippen LogP contribution in [-0.2, 0) is 0 Å². The first-order valence-electron chi connectivity index (χ1n) is 11.0. The van der Waals surface area contributed by atoms with Crippen LogP contribution in [0.4, 0.5) is 5.95 Å². The van der Waals surface area contributed by atoms with E-state index in [4.69, 9.17) is 16.6 Å². The van der Waals surface area contributed by atoms with E-state index in [1.54, 1.807) is 6.20 Å². The van der Waals surface area contributed by atoms with Crippen LogP contribution >= 0.6 is 11.6 Å². The summed E-state index contributed by atoms with van der Waals surface area (Å²) in [5.74, 6) is 1.42. The van der Waals surface area contributed by atoms with Crippen molar-refractivity contribution in [2.24, 2.45) is 5.92 Å². The number of anilines is 1. The van der Waals surface area contributed by atoms with Gasteiger partial charge in [-0.2, -0.15) is 0 Å². The van der Waals surface area contributed by atoms with Gasteiger partial charge in [-0.25, -0.2) is 9.97 Å². The van der Waals surface area contributed by atoms with Crippen LogP contribution < -0.4 is 10.6 Å². The molecule has 0 bridgehead atoms. The summed E-state index contributed by atoms with van der Waals surface area (Å²) in [4.78, 5) is 15.2. The average molecular weight is 425 g/mol. The van der Waals surface area contributed by atoms with Crippen molar-refractivity contribution < 1.29 is 0 Å². The SMILES string of the molecule is Clc1cnc(NC2CCC[C@H](CN3CCNCC3)C2)nc1-c1c[nH]c2ccccc12. The third-order valence-corrected chi connectivity index (χ3v) is 6.71. The molecule has 5 rings (SSSR count). The molecular weight excluding hydrogens is 396 g/mol. The second kappa shape index (κ2) is 8.92. The standard InChI is InChI=1S/C23H29ClN6/c24-20-14-27-23(29-22(20)19-13-26-21-7-2-1-6-18(19)21)28-17-5-3-4-16(12-17)15-30-10-8-25-9-11-30/h1-2,6-7,13-14,16-17,25-26H,3-5,8-12,15H2,(H,27,28,29)/t16-,17?/m0/s1. The number of aromatic nitrogens is 3. The van der Waals surface area contributed by atoms with Gasteiger partial charge in [-0.05, 0) is 31.2 Å². The van der Waals surface area contributed by atoms with Crippen molar-refractivity contribution in [3.63, 3.8) is 0 Å². The second-order valence-corrected chi connectivity index (χ2v) is 8.97. The molecule has 0 spiro atoms. The van der Waals surface area contributed by atoms with Crippen LogP contribution in [0, 0.1) is 5.92 Å². The molecule has 0 radical (unpaired) electrons. The third-order valence-electron chi connectivity index (χ3n) is 6.43. The quantitative estimate of drug-likeness (QED) is 0.574. The van der Waals surface area contributed by atoms with Gasteiger partial charge in [0.2, 0.25) is 5.95 Å². The van der Waals surface area contributed by atoms with E-state index in [1.807, 2.05) is 18.3 Å². The molecule has 30 heavy (non-hydrogen) atoms. The van der Waals surface area contributed by atoms with Crippen LogP contribution in [-0.4, -0.2) is 58.6 Å². The summed E-state index contributed by atoms with van der Waals surface area (Å²) in [7, 11) is 0. The van der Waals surface area contributed by atoms with E-state index in [2.05, 4.69) is 37.6 Å². The van der Waals surface area contributed by atoms with Crippen molar-refractivity contribution in [2.75, 3.05) is 38.0 Å². The highest BCUT2D eigenvalue weighted by Gasteiger charge is 2.25. The molecule has 2 aromatic heterocycles. The normalized spacial score (nSPS) is 23.0. The lowest BCUT2D eigenvalue weighted by atomic mass is 9.85. The minimum Gasteiger partial charge on any atom is -0.360 e. The Balaban J connectivity index is 1.30. The summed E-state index contributed by atoms with van der Waals surface area (Å²) in [6, 6.07) is 8.64. The Morgan fingerprint density at radius 1 is 1.17 bits per heavy atom. The number of hydrogen-bond donors (Lipinski definition) is 3. The number of para-hydroxylation sites is 1. The Morgan fingerprint density at radius 3 is 2.93 bits per heavy atom. The summed E-state index contributed by atoms with van der Waals surface area (Å²) in [5, 5.41) is 8.74. The van der Waals surface area contributed by atoms with Crippen molar-refractivity contribution in [3.8, 4) is 11.3 Å². The molecule has 2 fully saturated rings. The van der Waals surface area contributed by atoms with E-state index in [0.29, 0.717) is 17.0 Å². The van der Waals surface area contributed by atoms with Gasteiger partial charge in [-0.1, -0.05) is 36.2 Å². The highest BCUT2D eigenvalue weighted by atomic mass is 35.5. The van der Waals surface area contributed by atoms with Gasteiger partial charge in [0.05, 0.1) is 16.9 Å². The smallest absolute Gasteiger partial charge is 0.223 e. The highest BCUT2D eigenvalue weighted by Crippen LogP contribution is 2.33. The third kappa shape index (κ3) is 4.31. The first-order valence-corrected chi connectivity index (χ1v) is 11.4. The first-order chi connectivity index (χ1) is 14.8. The van der Waals surface area contributed by atoms with Crippen molar-refractivity contribution in [1.29, 1.82) is 0 Å². The number of piperazine rings is 1. The van der Waals surface area contributed by atoms with Gasteiger partial charge in [-0.15, -0.1) is 0 Å². The Bertz CT molecular complexity index is 996. The monoisotopic (exact) mass is 424 g/mol. The van der Waals surface area contributed by atoms with Crippen molar-refractivity contribution in [3.05, 3.63) is 41.7 Å². The number of nitrogens with one attached hydrogen (secondary N) is 3. The highest BCUT2D eigenvalue weighted by molar-refractivity contribution is 6.33. The summed E-state index contributed by atoms with van der Waals surface area (Å²) in [6.45, 7) is 5.78. The molecule has 1 unspecified atom stereocenters. The second-order valence-electron chi connectivity index (χ2n) is 8.56. The lowest BCUT2D eigenvalue weighted by molar-refractivity contribution is 0.178. The minimum absolute atomic E-state index is 0.420. The van der Waals surface area contributed by atoms with Crippen molar-refractivity contribution in [1.82, 2.24) is 25.2 Å². The number of rotatable bonds is 5. The average Bonchev–Trinajstić information content (AvgIpc) is 3.20. The van der Waals surface area contributed by atoms with Crippen molar-refractivity contribution >= 4 is 28.5 Å². The summed E-state index contributed by atoms with van der Waals surface area (Å²) in [6.07, 6.45) is 8.63. The Labute approximate surface area is 182 Å². The molecule has 6 nitrogen and oxygen atoms in total. The number of benzene rings is 1. The number of fused-ring (bicyclic) bond motifs is 1. The van der Waals surface area contributed by atoms with E-state index < -0.39 is 0 Å². The molecule has 2 atom stereocenters. The zero-order chi connectivity index (χ0) is 20.3. The molecular formula is C23H29ClN6. The summed E-state index contributed by atoms with van der Waals surface area (Å²) < 4.78 is 0. The molecule has 1 aliphatic heterocycles. The van der Waals surface area contributed by atoms with Gasteiger partial charge in [0, 0.05) is 61.4 Å². The number of H-pyrrole nitrogens is 1. The number of halogens is 1. The van der Waals surface area contributed by atoms with Gasteiger partial charge in [-0.3, -0.25) is 0 Å². The Kier molecular flexibility index (Phi) is 5.88. The van der Waals surface area contributed by atoms with Gasteiger partial charge >= 0.3 is 0 Å². The fourth-order valence-electron chi connectivity index (χ4n) is 4.92. The predicted molar refractivity (Wildman–Crippen MR) is 123 cm³/mol. The molecule has 0 amide bonds. The number of aromatic amines is 1. The van der Waals surface area contributed by atoms with Crippen molar-refractivity contribution in [2.45, 2.75) is 31.7 Å². The lowest BCUT2D eigenvalue weighted by Gasteiger charge is -2.35. The molecule has 2 aliphatic rings. The summed E-state index contributed by atoms with van der Waals surface area (Å²) >= 11 is 6.49. The molecule has 1 aliphatic carbocycles. The molecule has 1 saturated carbocycles. The Morgan fingerprint density at radius 2 is 2.03 bits per heavy atom. The predicted octanol–water partition coefficient (Wildman–Crippen LogP) is 4.15. The minimum atomic E-state index is 0.420. The number of nitrogens with zero attached hydrogens (tertiary/aromatic N) is 3. The first kappa shape index (κ1) is 19.8. The zero-order valence-electron chi connectivity index (χ0n) is 17.2. The summed E-state index contributed by atoms with van der Waals surface area (Å²) in [5.41, 5.74) is 2.88. The van der Waals surface area contributed by atoms with E-state index in [0.717, 1.165) is 41.2 Å². The molecule has 3 N–H and O–H groups in total. The van der Waals surface area contributed by atoms with Crippen LogP contribution in [0.3, 0.4) is 0 Å². The number of hydrogen-bond acceptors (Lipinski definition) is 5. The molecule has 158 valence electrons. The fourth-order valence-corrected chi connectivity index (χ4v) is 5.12. The maximum Gasteiger partial charge on any atom is 0.223 e. The fraction of sp³-hybridized carbons (Fsp3) is 0.478. The van der Waals surface area contributed by atoms with Gasteiger partial charge in [0.1, 0.15) is 0 Å². The van der Waals surface area contributed by atoms with Gasteiger partial charge in [0.15, 0.2) is 0 Å². The van der Waals surface area contributed by atoms with Crippen LogP contribution in [0.1, 0.15) is 25.7 Å². The maximum atomic E-state index is 6.49. The Hall–Kier alpha value is -2.15. The van der Waals surface area contributed by atoms with Crippen LogP contribution in [0.25, 0.3) is 22.2 Å². The molecule has 7 heteroatoms. The van der Waals surface area contributed by atoms with Gasteiger partial charge < -0.3 is 20.5 Å². The molecule has 3 heterocycles. The van der Waals surface area contributed by atoms with E-state index >= 15 is 0 Å². The van der Waals surface area contributed by atoms with E-state index in [9.17, 15) is 0 Å². The topological polar surface area (TPSA) is 68.9 Å². The van der Waals surface area contributed by atoms with E-state index in [1.165, 1.54) is 45.3 Å². The zero-order valence-corrected chi connectivity index (χ0v) is 18.0. The largest absolute Gasteiger partial charge is 0.360 e. The lowest BCUT2D eigenvalue weighted by Crippen LogP contribution is -2.46. The molecule has 1 aromatic carbocycles. The van der Waals surface area contributed by atoms with E-state index in [-0.39, 0.29) is 0 Å². The molecule has 3 aromatic rings. The maximum absolute atomic E-state index is 6.49. The van der Waals surface area contributed by atoms with Crippen LogP contribution in [0.15, 0.2) is 36.7 Å².